The minimum Gasteiger partial charge on any atom is -0.497 e. The number of ether oxygens (including phenoxy) is 1. The van der Waals surface area contributed by atoms with Gasteiger partial charge in [-0.15, -0.1) is 0 Å². The first-order chi connectivity index (χ1) is 16.4. The van der Waals surface area contributed by atoms with Crippen LogP contribution in [0.25, 0.3) is 11.3 Å². The number of carbonyl (C=O) groups is 2. The molecule has 1 aliphatic rings. The molecule has 2 aromatic carbocycles. The number of amidine groups is 1. The number of piperidine rings is 1. The van der Waals surface area contributed by atoms with Gasteiger partial charge in [-0.25, -0.2) is 9.78 Å². The summed E-state index contributed by atoms with van der Waals surface area (Å²) in [5.41, 5.74) is 7.83. The molecule has 1 aliphatic heterocycles. The molecule has 0 atom stereocenters. The van der Waals surface area contributed by atoms with E-state index in [0.29, 0.717) is 47.9 Å². The summed E-state index contributed by atoms with van der Waals surface area (Å²) in [6.07, 6.45) is 1.29. The molecule has 1 aromatic heterocycles. The van der Waals surface area contributed by atoms with Crippen LogP contribution in [0.15, 0.2) is 48.5 Å². The van der Waals surface area contributed by atoms with Crippen LogP contribution in [0.1, 0.15) is 28.1 Å². The summed E-state index contributed by atoms with van der Waals surface area (Å²) >= 11 is 1.13. The zero-order chi connectivity index (χ0) is 24.2. The van der Waals surface area contributed by atoms with Gasteiger partial charge in [0.1, 0.15) is 16.5 Å². The topological polar surface area (TPSA) is 142 Å². The Labute approximate surface area is 200 Å². The van der Waals surface area contributed by atoms with E-state index in [1.54, 1.807) is 55.6 Å². The van der Waals surface area contributed by atoms with Gasteiger partial charge in [-0.05, 0) is 37.1 Å². The van der Waals surface area contributed by atoms with Crippen molar-refractivity contribution in [2.24, 2.45) is 11.7 Å². The summed E-state index contributed by atoms with van der Waals surface area (Å²) in [7, 11) is 1.59. The van der Waals surface area contributed by atoms with Crippen LogP contribution in [0, 0.1) is 11.3 Å². The SMILES string of the molecule is COc1ccc(NC(=O)C2CCN(c3nc(-c4ccc(C(=N)N)cc4)c(C(=O)O)s3)CC2)cc1. The maximum atomic E-state index is 12.7. The van der Waals surface area contributed by atoms with E-state index in [1.807, 2.05) is 4.90 Å². The Hall–Kier alpha value is -3.92. The Bertz CT molecular complexity index is 1200. The maximum absolute atomic E-state index is 12.7. The lowest BCUT2D eigenvalue weighted by Crippen LogP contribution is -2.38. The van der Waals surface area contributed by atoms with Crippen molar-refractivity contribution in [2.45, 2.75) is 12.8 Å². The first kappa shape index (κ1) is 23.2. The highest BCUT2D eigenvalue weighted by Crippen LogP contribution is 2.35. The molecule has 4 rings (SSSR count). The Morgan fingerprint density at radius 3 is 2.35 bits per heavy atom. The van der Waals surface area contributed by atoms with Gasteiger partial charge in [-0.3, -0.25) is 10.2 Å². The average Bonchev–Trinajstić information content (AvgIpc) is 3.30. The summed E-state index contributed by atoms with van der Waals surface area (Å²) in [5.74, 6) is -0.520. The summed E-state index contributed by atoms with van der Waals surface area (Å²) in [6, 6.07) is 14.0. The number of nitrogens with zero attached hydrogens (tertiary/aromatic N) is 2. The Balaban J connectivity index is 1.43. The molecular weight excluding hydrogens is 454 g/mol. The van der Waals surface area contributed by atoms with Crippen LogP contribution >= 0.6 is 11.3 Å². The van der Waals surface area contributed by atoms with Crippen molar-refractivity contribution < 1.29 is 19.4 Å². The number of benzene rings is 2. The molecule has 0 unspecified atom stereocenters. The van der Waals surface area contributed by atoms with Crippen LogP contribution in [0.5, 0.6) is 5.75 Å². The Kier molecular flexibility index (Phi) is 6.78. The van der Waals surface area contributed by atoms with Gasteiger partial charge in [0.15, 0.2) is 5.13 Å². The second-order valence-corrected chi connectivity index (χ2v) is 8.93. The minimum absolute atomic E-state index is 0.0265. The van der Waals surface area contributed by atoms with Gasteiger partial charge >= 0.3 is 5.97 Å². The largest absolute Gasteiger partial charge is 0.497 e. The zero-order valence-electron chi connectivity index (χ0n) is 18.6. The van der Waals surface area contributed by atoms with Crippen LogP contribution in [0.3, 0.4) is 0 Å². The molecule has 5 N–H and O–H groups in total. The van der Waals surface area contributed by atoms with E-state index in [4.69, 9.17) is 15.9 Å². The van der Waals surface area contributed by atoms with Gasteiger partial charge in [0.2, 0.25) is 5.91 Å². The van der Waals surface area contributed by atoms with Crippen LogP contribution in [0.2, 0.25) is 0 Å². The molecule has 0 saturated carbocycles. The van der Waals surface area contributed by atoms with E-state index < -0.39 is 5.97 Å². The molecule has 3 aromatic rings. The third-order valence-corrected chi connectivity index (χ3v) is 6.88. The highest BCUT2D eigenvalue weighted by atomic mass is 32.1. The lowest BCUT2D eigenvalue weighted by atomic mass is 9.96. The van der Waals surface area contributed by atoms with E-state index in [1.165, 1.54) is 0 Å². The predicted octanol–water partition coefficient (Wildman–Crippen LogP) is 3.66. The lowest BCUT2D eigenvalue weighted by Gasteiger charge is -2.31. The number of aromatic carboxylic acids is 1. The fourth-order valence-electron chi connectivity index (χ4n) is 3.84. The number of methoxy groups -OCH3 is 1. The molecule has 1 amide bonds. The van der Waals surface area contributed by atoms with Gasteiger partial charge in [-0.2, -0.15) is 0 Å². The number of carboxylic acid groups (broad SMARTS) is 1. The molecular formula is C24H25N5O4S. The molecule has 0 spiro atoms. The molecule has 2 heterocycles. The summed E-state index contributed by atoms with van der Waals surface area (Å²) < 4.78 is 5.14. The van der Waals surface area contributed by atoms with Crippen LogP contribution in [-0.2, 0) is 4.79 Å². The predicted molar refractivity (Wildman–Crippen MR) is 132 cm³/mol. The number of hydrogen-bond donors (Lipinski definition) is 4. The molecule has 1 saturated heterocycles. The van der Waals surface area contributed by atoms with E-state index in [9.17, 15) is 14.7 Å². The first-order valence-electron chi connectivity index (χ1n) is 10.7. The van der Waals surface area contributed by atoms with E-state index in [-0.39, 0.29) is 22.5 Å². The quantitative estimate of drug-likeness (QED) is 0.299. The number of nitrogens with one attached hydrogen (secondary N) is 2. The maximum Gasteiger partial charge on any atom is 0.348 e. The number of carbonyl (C=O) groups excluding carboxylic acids is 1. The van der Waals surface area contributed by atoms with Crippen molar-refractivity contribution in [2.75, 3.05) is 30.4 Å². The van der Waals surface area contributed by atoms with Crippen LogP contribution in [-0.4, -0.2) is 48.0 Å². The summed E-state index contributed by atoms with van der Waals surface area (Å²) in [5, 5.41) is 20.8. The van der Waals surface area contributed by atoms with Crippen molar-refractivity contribution in [1.29, 1.82) is 5.41 Å². The normalized spacial score (nSPS) is 14.0. The van der Waals surface area contributed by atoms with Gasteiger partial charge in [0.25, 0.3) is 0 Å². The number of amides is 1. The highest BCUT2D eigenvalue weighted by Gasteiger charge is 2.28. The summed E-state index contributed by atoms with van der Waals surface area (Å²) in [6.45, 7) is 1.21. The second-order valence-electron chi connectivity index (χ2n) is 7.95. The van der Waals surface area contributed by atoms with Crippen LogP contribution in [0.4, 0.5) is 10.8 Å². The molecule has 34 heavy (non-hydrogen) atoms. The molecule has 9 nitrogen and oxygen atoms in total. The number of hydrogen-bond acceptors (Lipinski definition) is 7. The Morgan fingerprint density at radius 2 is 1.79 bits per heavy atom. The molecule has 0 bridgehead atoms. The number of aromatic nitrogens is 1. The van der Waals surface area contributed by atoms with Gasteiger partial charge in [0.05, 0.1) is 12.8 Å². The van der Waals surface area contributed by atoms with Crippen molar-refractivity contribution in [1.82, 2.24) is 4.98 Å². The second kappa shape index (κ2) is 9.92. The van der Waals surface area contributed by atoms with Crippen molar-refractivity contribution >= 4 is 39.9 Å². The molecule has 176 valence electrons. The van der Waals surface area contributed by atoms with Crippen molar-refractivity contribution in [3.05, 3.63) is 59.0 Å². The van der Waals surface area contributed by atoms with Gasteiger partial charge in [0, 0.05) is 35.8 Å². The number of nitrogens with two attached hydrogens (primary N) is 1. The monoisotopic (exact) mass is 479 g/mol. The van der Waals surface area contributed by atoms with E-state index in [0.717, 1.165) is 22.8 Å². The molecule has 0 aliphatic carbocycles. The number of nitrogen functional groups attached to an aromatic ring is 1. The van der Waals surface area contributed by atoms with Gasteiger partial charge < -0.3 is 25.8 Å². The van der Waals surface area contributed by atoms with Crippen LogP contribution < -0.4 is 20.7 Å². The van der Waals surface area contributed by atoms with E-state index >= 15 is 0 Å². The number of carboxylic acids is 1. The number of thiazole rings is 1. The lowest BCUT2D eigenvalue weighted by molar-refractivity contribution is -0.120. The molecule has 10 heteroatoms. The molecule has 1 fully saturated rings. The number of anilines is 2. The van der Waals surface area contributed by atoms with Gasteiger partial charge in [-0.1, -0.05) is 35.6 Å². The third kappa shape index (κ3) is 5.01. The zero-order valence-corrected chi connectivity index (χ0v) is 19.4. The average molecular weight is 480 g/mol. The fraction of sp³-hybridized carbons (Fsp3) is 0.250. The number of rotatable bonds is 7. The van der Waals surface area contributed by atoms with Crippen molar-refractivity contribution in [3.8, 4) is 17.0 Å². The van der Waals surface area contributed by atoms with Crippen molar-refractivity contribution in [3.63, 3.8) is 0 Å². The fourth-order valence-corrected chi connectivity index (χ4v) is 4.82. The Morgan fingerprint density at radius 1 is 1.15 bits per heavy atom. The minimum atomic E-state index is -1.04. The third-order valence-electron chi connectivity index (χ3n) is 5.77. The smallest absolute Gasteiger partial charge is 0.348 e. The first-order valence-corrected chi connectivity index (χ1v) is 11.6. The standard InChI is InChI=1S/C24H25N5O4S/c1-33-18-8-6-17(7-9-18)27-22(30)16-10-12-29(13-11-16)24-28-19(20(34-24)23(31)32)14-2-4-15(5-3-14)21(25)26/h2-9,16H,10-13H2,1H3,(H3,25,26)(H,27,30)(H,31,32). The summed E-state index contributed by atoms with van der Waals surface area (Å²) in [4.78, 5) is 31.4. The molecule has 0 radical (unpaired) electrons. The highest BCUT2D eigenvalue weighted by molar-refractivity contribution is 7.17. The van der Waals surface area contributed by atoms with E-state index in [2.05, 4.69) is 10.3 Å².